The lowest BCUT2D eigenvalue weighted by Crippen LogP contribution is -2.44. The Morgan fingerprint density at radius 3 is 2.63 bits per heavy atom. The first kappa shape index (κ1) is 23.7. The Morgan fingerprint density at radius 1 is 1.13 bits per heavy atom. The molecule has 0 aliphatic carbocycles. The number of nitrogens with zero attached hydrogens (tertiary/aromatic N) is 2. The number of aliphatic imine (C=N–C) groups is 1. The summed E-state index contributed by atoms with van der Waals surface area (Å²) in [5.41, 5.74) is 1.60. The van der Waals surface area contributed by atoms with Crippen molar-refractivity contribution >= 4 is 47.4 Å². The maximum absolute atomic E-state index is 12.2. The molecule has 1 saturated heterocycles. The number of nitrogens with one attached hydrogen (secondary N) is 3. The van der Waals surface area contributed by atoms with Gasteiger partial charge in [-0.2, -0.15) is 0 Å². The molecule has 8 nitrogen and oxygen atoms in total. The number of benzene rings is 1. The molecule has 1 fully saturated rings. The third-order valence-electron chi connectivity index (χ3n) is 4.56. The second-order valence-corrected chi connectivity index (χ2v) is 6.77. The second-order valence-electron chi connectivity index (χ2n) is 6.77. The third kappa shape index (κ3) is 7.05. The van der Waals surface area contributed by atoms with E-state index in [-0.39, 0.29) is 48.1 Å². The summed E-state index contributed by atoms with van der Waals surface area (Å²) in [7, 11) is 0. The summed E-state index contributed by atoms with van der Waals surface area (Å²) in [5.74, 6) is 0.640. The summed E-state index contributed by atoms with van der Waals surface area (Å²) in [6.45, 7) is 4.99. The summed E-state index contributed by atoms with van der Waals surface area (Å²) in [5, 5.41) is 9.05. The van der Waals surface area contributed by atoms with Crippen LogP contribution in [-0.4, -0.2) is 48.9 Å². The van der Waals surface area contributed by atoms with Crippen molar-refractivity contribution in [1.29, 1.82) is 0 Å². The minimum absolute atomic E-state index is 0. The Bertz CT molecular complexity index is 848. The van der Waals surface area contributed by atoms with Gasteiger partial charge < -0.3 is 25.3 Å². The van der Waals surface area contributed by atoms with Crippen molar-refractivity contribution in [3.05, 3.63) is 54.0 Å². The second kappa shape index (κ2) is 12.2. The Hall–Kier alpha value is -2.56. The SMILES string of the molecule is CCNC(=NCc1cccc(NC(=O)c2ccco2)c1)NCC(=O)N1CCCC1.I. The minimum Gasteiger partial charge on any atom is -0.459 e. The summed E-state index contributed by atoms with van der Waals surface area (Å²) in [4.78, 5) is 30.7. The zero-order valence-corrected chi connectivity index (χ0v) is 19.3. The maximum atomic E-state index is 12.2. The van der Waals surface area contributed by atoms with Gasteiger partial charge in [-0.15, -0.1) is 24.0 Å². The van der Waals surface area contributed by atoms with E-state index in [0.717, 1.165) is 31.5 Å². The molecule has 0 radical (unpaired) electrons. The van der Waals surface area contributed by atoms with Crippen molar-refractivity contribution in [2.24, 2.45) is 4.99 Å². The molecule has 0 bridgehead atoms. The normalized spacial score (nSPS) is 13.5. The first-order valence-electron chi connectivity index (χ1n) is 9.89. The predicted molar refractivity (Wildman–Crippen MR) is 127 cm³/mol. The molecule has 1 aromatic carbocycles. The van der Waals surface area contributed by atoms with E-state index in [1.165, 1.54) is 6.26 Å². The van der Waals surface area contributed by atoms with E-state index in [2.05, 4.69) is 20.9 Å². The van der Waals surface area contributed by atoms with Gasteiger partial charge in [-0.3, -0.25) is 9.59 Å². The van der Waals surface area contributed by atoms with Crippen molar-refractivity contribution in [2.45, 2.75) is 26.3 Å². The molecule has 0 atom stereocenters. The highest BCUT2D eigenvalue weighted by Gasteiger charge is 2.17. The monoisotopic (exact) mass is 525 g/mol. The molecule has 0 saturated carbocycles. The van der Waals surface area contributed by atoms with Gasteiger partial charge in [-0.25, -0.2) is 4.99 Å². The Morgan fingerprint density at radius 2 is 1.93 bits per heavy atom. The lowest BCUT2D eigenvalue weighted by atomic mass is 10.2. The van der Waals surface area contributed by atoms with Gasteiger partial charge in [-0.05, 0) is 49.6 Å². The summed E-state index contributed by atoms with van der Waals surface area (Å²) in [6.07, 6.45) is 3.61. The number of hydrogen-bond acceptors (Lipinski definition) is 4. The molecule has 3 rings (SSSR count). The molecular formula is C21H28IN5O3. The Kier molecular flexibility index (Phi) is 9.65. The molecule has 2 amide bonds. The number of anilines is 1. The van der Waals surface area contributed by atoms with Crippen molar-refractivity contribution in [3.63, 3.8) is 0 Å². The smallest absolute Gasteiger partial charge is 0.291 e. The number of carbonyl (C=O) groups excluding carboxylic acids is 2. The van der Waals surface area contributed by atoms with Gasteiger partial charge in [0.15, 0.2) is 11.7 Å². The minimum atomic E-state index is -0.300. The van der Waals surface area contributed by atoms with E-state index >= 15 is 0 Å². The van der Waals surface area contributed by atoms with Crippen LogP contribution in [0.15, 0.2) is 52.1 Å². The molecule has 2 aromatic rings. The van der Waals surface area contributed by atoms with Crippen molar-refractivity contribution in [2.75, 3.05) is 31.5 Å². The molecule has 0 unspecified atom stereocenters. The third-order valence-corrected chi connectivity index (χ3v) is 4.56. The van der Waals surface area contributed by atoms with Crippen LogP contribution < -0.4 is 16.0 Å². The average Bonchev–Trinajstić information content (AvgIpc) is 3.44. The van der Waals surface area contributed by atoms with E-state index in [1.807, 2.05) is 36.1 Å². The molecule has 2 heterocycles. The van der Waals surface area contributed by atoms with Gasteiger partial charge in [0.2, 0.25) is 5.91 Å². The zero-order chi connectivity index (χ0) is 20.5. The molecule has 9 heteroatoms. The van der Waals surface area contributed by atoms with Crippen LogP contribution in [-0.2, 0) is 11.3 Å². The molecule has 1 aliphatic heterocycles. The number of furan rings is 1. The highest BCUT2D eigenvalue weighted by atomic mass is 127. The Balaban J connectivity index is 0.00000320. The van der Waals surface area contributed by atoms with Crippen LogP contribution in [0, 0.1) is 0 Å². The zero-order valence-electron chi connectivity index (χ0n) is 17.0. The highest BCUT2D eigenvalue weighted by Crippen LogP contribution is 2.13. The van der Waals surface area contributed by atoms with Crippen LogP contribution in [0.2, 0.25) is 0 Å². The van der Waals surface area contributed by atoms with Crippen molar-refractivity contribution in [3.8, 4) is 0 Å². The van der Waals surface area contributed by atoms with Crippen LogP contribution in [0.25, 0.3) is 0 Å². The summed E-state index contributed by atoms with van der Waals surface area (Å²) >= 11 is 0. The first-order chi connectivity index (χ1) is 14.2. The number of hydrogen-bond donors (Lipinski definition) is 3. The van der Waals surface area contributed by atoms with Gasteiger partial charge in [0.05, 0.1) is 19.4 Å². The largest absolute Gasteiger partial charge is 0.459 e. The van der Waals surface area contributed by atoms with E-state index in [0.29, 0.717) is 24.7 Å². The topological polar surface area (TPSA) is 99.0 Å². The number of guanidine groups is 1. The first-order valence-corrected chi connectivity index (χ1v) is 9.89. The molecule has 1 aliphatic rings. The van der Waals surface area contributed by atoms with Gasteiger partial charge in [0.1, 0.15) is 0 Å². The number of amides is 2. The lowest BCUT2D eigenvalue weighted by Gasteiger charge is -2.17. The fraction of sp³-hybridized carbons (Fsp3) is 0.381. The van der Waals surface area contributed by atoms with Crippen LogP contribution in [0.3, 0.4) is 0 Å². The molecule has 1 aromatic heterocycles. The van der Waals surface area contributed by atoms with Gasteiger partial charge in [0.25, 0.3) is 5.91 Å². The standard InChI is InChI=1S/C21H27N5O3.HI/c1-2-22-21(24-15-19(27)26-10-3-4-11-26)23-14-16-7-5-8-17(13-16)25-20(28)18-9-6-12-29-18;/h5-9,12-13H,2-4,10-11,14-15H2,1H3,(H,25,28)(H2,22,23,24);1H. The van der Waals surface area contributed by atoms with E-state index in [1.54, 1.807) is 12.1 Å². The Labute approximate surface area is 193 Å². The average molecular weight is 525 g/mol. The lowest BCUT2D eigenvalue weighted by molar-refractivity contribution is -0.128. The molecule has 0 spiro atoms. The molecule has 30 heavy (non-hydrogen) atoms. The van der Waals surface area contributed by atoms with Gasteiger partial charge in [-0.1, -0.05) is 12.1 Å². The van der Waals surface area contributed by atoms with Crippen LogP contribution in [0.4, 0.5) is 5.69 Å². The predicted octanol–water partition coefficient (Wildman–Crippen LogP) is 2.83. The highest BCUT2D eigenvalue weighted by molar-refractivity contribution is 14.0. The summed E-state index contributed by atoms with van der Waals surface area (Å²) < 4.78 is 5.11. The van der Waals surface area contributed by atoms with Crippen LogP contribution in [0.1, 0.15) is 35.9 Å². The van der Waals surface area contributed by atoms with E-state index in [9.17, 15) is 9.59 Å². The van der Waals surface area contributed by atoms with Gasteiger partial charge in [0, 0.05) is 25.3 Å². The van der Waals surface area contributed by atoms with Gasteiger partial charge >= 0.3 is 0 Å². The molecular weight excluding hydrogens is 497 g/mol. The van der Waals surface area contributed by atoms with Crippen molar-refractivity contribution < 1.29 is 14.0 Å². The number of likely N-dealkylation sites (tertiary alicyclic amines) is 1. The summed E-state index contributed by atoms with van der Waals surface area (Å²) in [6, 6.07) is 10.8. The van der Waals surface area contributed by atoms with Crippen LogP contribution >= 0.6 is 24.0 Å². The quantitative estimate of drug-likeness (QED) is 0.294. The number of halogens is 1. The number of carbonyl (C=O) groups is 2. The fourth-order valence-electron chi connectivity index (χ4n) is 3.10. The van der Waals surface area contributed by atoms with Crippen molar-refractivity contribution in [1.82, 2.24) is 15.5 Å². The molecule has 162 valence electrons. The fourth-order valence-corrected chi connectivity index (χ4v) is 3.10. The number of rotatable bonds is 7. The maximum Gasteiger partial charge on any atom is 0.291 e. The van der Waals surface area contributed by atoms with Crippen LogP contribution in [0.5, 0.6) is 0 Å². The molecule has 3 N–H and O–H groups in total. The van der Waals surface area contributed by atoms with E-state index in [4.69, 9.17) is 4.42 Å². The van der Waals surface area contributed by atoms with E-state index < -0.39 is 0 Å².